The molecule has 0 N–H and O–H groups in total. The van der Waals surface area contributed by atoms with Gasteiger partial charge < -0.3 is 9.47 Å². The van der Waals surface area contributed by atoms with E-state index in [1.165, 1.54) is 12.8 Å². The summed E-state index contributed by atoms with van der Waals surface area (Å²) in [4.78, 5) is 25.0. The average Bonchev–Trinajstić information content (AvgIpc) is 3.07. The molecule has 3 unspecified atom stereocenters. The Morgan fingerprint density at radius 1 is 1.09 bits per heavy atom. The van der Waals surface area contributed by atoms with Crippen LogP contribution in [0, 0.1) is 17.3 Å². The first-order valence-electron chi connectivity index (χ1n) is 9.03. The summed E-state index contributed by atoms with van der Waals surface area (Å²) < 4.78 is 11.5. The van der Waals surface area contributed by atoms with Crippen LogP contribution >= 0.6 is 0 Å². The molecule has 0 radical (unpaired) electrons. The van der Waals surface area contributed by atoms with Gasteiger partial charge in [0, 0.05) is 0 Å². The molecule has 2 bridgehead atoms. The molecule has 0 amide bonds. The van der Waals surface area contributed by atoms with Gasteiger partial charge in [-0.15, -0.1) is 0 Å². The summed E-state index contributed by atoms with van der Waals surface area (Å²) in [6.07, 6.45) is 6.04. The third-order valence-corrected chi connectivity index (χ3v) is 6.09. The summed E-state index contributed by atoms with van der Waals surface area (Å²) in [5.41, 5.74) is -2.18. The summed E-state index contributed by atoms with van der Waals surface area (Å²) in [5, 5.41) is 0. The molecule has 0 aromatic rings. The fraction of sp³-hybridized carbons (Fsp3) is 0.895. The predicted molar refractivity (Wildman–Crippen MR) is 88.8 cm³/mol. The second-order valence-corrected chi connectivity index (χ2v) is 8.53. The molecular formula is C19H32O4. The van der Waals surface area contributed by atoms with Gasteiger partial charge in [0.2, 0.25) is 5.60 Å². The minimum Gasteiger partial charge on any atom is -0.456 e. The van der Waals surface area contributed by atoms with E-state index in [0.29, 0.717) is 18.3 Å². The maximum atomic E-state index is 12.7. The van der Waals surface area contributed by atoms with E-state index in [-0.39, 0.29) is 11.6 Å². The summed E-state index contributed by atoms with van der Waals surface area (Å²) >= 11 is 0. The minimum atomic E-state index is -1.24. The third-order valence-electron chi connectivity index (χ3n) is 6.09. The monoisotopic (exact) mass is 324 g/mol. The SMILES string of the molecule is CCC(C)(C)C(=O)OC(C)(C)C(=O)OC1(CC)CC2CCC1C2. The van der Waals surface area contributed by atoms with Crippen LogP contribution in [0.2, 0.25) is 0 Å². The summed E-state index contributed by atoms with van der Waals surface area (Å²) in [6, 6.07) is 0. The maximum absolute atomic E-state index is 12.7. The van der Waals surface area contributed by atoms with E-state index in [9.17, 15) is 9.59 Å². The van der Waals surface area contributed by atoms with Crippen molar-refractivity contribution in [2.75, 3.05) is 0 Å². The minimum absolute atomic E-state index is 0.343. The molecule has 2 saturated carbocycles. The largest absolute Gasteiger partial charge is 0.456 e. The molecule has 4 heteroatoms. The zero-order chi connectivity index (χ0) is 17.5. The van der Waals surface area contributed by atoms with Crippen LogP contribution < -0.4 is 0 Å². The Labute approximate surface area is 140 Å². The Kier molecular flexibility index (Phi) is 4.85. The van der Waals surface area contributed by atoms with Gasteiger partial charge in [0.1, 0.15) is 5.60 Å². The third kappa shape index (κ3) is 3.41. The molecule has 4 nitrogen and oxygen atoms in total. The smallest absolute Gasteiger partial charge is 0.350 e. The first kappa shape index (κ1) is 18.3. The van der Waals surface area contributed by atoms with Crippen molar-refractivity contribution < 1.29 is 19.1 Å². The van der Waals surface area contributed by atoms with Crippen LogP contribution in [-0.2, 0) is 19.1 Å². The standard InChI is InChI=1S/C19H32O4/c1-7-17(3,4)15(20)22-18(5,6)16(21)23-19(8-2)12-13-9-10-14(19)11-13/h13-14H,7-12H2,1-6H3. The molecular weight excluding hydrogens is 292 g/mol. The van der Waals surface area contributed by atoms with Gasteiger partial charge >= 0.3 is 11.9 Å². The van der Waals surface area contributed by atoms with Crippen molar-refractivity contribution in [2.24, 2.45) is 17.3 Å². The number of carbonyl (C=O) groups excluding carboxylic acids is 2. The van der Waals surface area contributed by atoms with Crippen molar-refractivity contribution >= 4 is 11.9 Å². The zero-order valence-electron chi connectivity index (χ0n) is 15.5. The van der Waals surface area contributed by atoms with Gasteiger partial charge in [-0.2, -0.15) is 0 Å². The molecule has 0 aromatic heterocycles. The Balaban J connectivity index is 2.05. The molecule has 2 fully saturated rings. The second kappa shape index (κ2) is 6.10. The van der Waals surface area contributed by atoms with E-state index in [4.69, 9.17) is 9.47 Å². The topological polar surface area (TPSA) is 52.6 Å². The first-order chi connectivity index (χ1) is 10.6. The Morgan fingerprint density at radius 3 is 2.17 bits per heavy atom. The van der Waals surface area contributed by atoms with E-state index >= 15 is 0 Å². The van der Waals surface area contributed by atoms with Gasteiger partial charge in [-0.05, 0) is 78.1 Å². The molecule has 23 heavy (non-hydrogen) atoms. The molecule has 0 aromatic carbocycles. The van der Waals surface area contributed by atoms with E-state index in [0.717, 1.165) is 19.3 Å². The lowest BCUT2D eigenvalue weighted by Crippen LogP contribution is -2.48. The van der Waals surface area contributed by atoms with Crippen LogP contribution in [0.25, 0.3) is 0 Å². The van der Waals surface area contributed by atoms with E-state index in [1.54, 1.807) is 13.8 Å². The van der Waals surface area contributed by atoms with Crippen molar-refractivity contribution in [1.82, 2.24) is 0 Å². The fourth-order valence-electron chi connectivity index (χ4n) is 3.89. The first-order valence-corrected chi connectivity index (χ1v) is 9.03. The molecule has 2 rings (SSSR count). The fourth-order valence-corrected chi connectivity index (χ4v) is 3.89. The predicted octanol–water partition coefficient (Wildman–Crippen LogP) is 4.26. The molecule has 132 valence electrons. The number of hydrogen-bond acceptors (Lipinski definition) is 4. The molecule has 0 aliphatic heterocycles. The molecule has 0 heterocycles. The number of fused-ring (bicyclic) bond motifs is 2. The van der Waals surface area contributed by atoms with Crippen LogP contribution in [0.15, 0.2) is 0 Å². The summed E-state index contributed by atoms with van der Waals surface area (Å²) in [7, 11) is 0. The summed E-state index contributed by atoms with van der Waals surface area (Å²) in [6.45, 7) is 11.0. The van der Waals surface area contributed by atoms with Gasteiger partial charge in [-0.25, -0.2) is 4.79 Å². The molecule has 2 aliphatic rings. The molecule has 0 spiro atoms. The van der Waals surface area contributed by atoms with Crippen molar-refractivity contribution in [1.29, 1.82) is 0 Å². The maximum Gasteiger partial charge on any atom is 0.350 e. The Hall–Kier alpha value is -1.06. The van der Waals surface area contributed by atoms with Crippen LogP contribution in [0.1, 0.15) is 80.1 Å². The van der Waals surface area contributed by atoms with Gasteiger partial charge in [-0.3, -0.25) is 4.79 Å². The second-order valence-electron chi connectivity index (χ2n) is 8.53. The summed E-state index contributed by atoms with van der Waals surface area (Å²) in [5.74, 6) is 0.407. The average molecular weight is 324 g/mol. The lowest BCUT2D eigenvalue weighted by molar-refractivity contribution is -0.198. The van der Waals surface area contributed by atoms with Crippen molar-refractivity contribution in [3.63, 3.8) is 0 Å². The van der Waals surface area contributed by atoms with Crippen LogP contribution in [-0.4, -0.2) is 23.1 Å². The van der Waals surface area contributed by atoms with E-state index < -0.39 is 17.0 Å². The lowest BCUT2D eigenvalue weighted by Gasteiger charge is -2.39. The van der Waals surface area contributed by atoms with E-state index in [2.05, 4.69) is 6.92 Å². The zero-order valence-corrected chi connectivity index (χ0v) is 15.5. The van der Waals surface area contributed by atoms with Crippen molar-refractivity contribution in [3.8, 4) is 0 Å². The van der Waals surface area contributed by atoms with Crippen LogP contribution in [0.5, 0.6) is 0 Å². The highest BCUT2D eigenvalue weighted by atomic mass is 16.6. The number of esters is 2. The highest BCUT2D eigenvalue weighted by molar-refractivity contribution is 5.84. The van der Waals surface area contributed by atoms with Gasteiger partial charge in [-0.1, -0.05) is 13.8 Å². The number of rotatable bonds is 6. The van der Waals surface area contributed by atoms with Gasteiger partial charge in [0.05, 0.1) is 5.41 Å². The normalized spacial score (nSPS) is 30.3. The number of carbonyl (C=O) groups is 2. The molecule has 3 atom stereocenters. The number of hydrogen-bond donors (Lipinski definition) is 0. The number of ether oxygens (including phenoxy) is 2. The van der Waals surface area contributed by atoms with Crippen molar-refractivity contribution in [2.45, 2.75) is 91.3 Å². The quantitative estimate of drug-likeness (QED) is 0.685. The Morgan fingerprint density at radius 2 is 1.74 bits per heavy atom. The highest BCUT2D eigenvalue weighted by Gasteiger charge is 2.54. The highest BCUT2D eigenvalue weighted by Crippen LogP contribution is 2.54. The van der Waals surface area contributed by atoms with E-state index in [1.807, 2.05) is 20.8 Å². The Bertz CT molecular complexity index is 480. The molecule has 2 aliphatic carbocycles. The van der Waals surface area contributed by atoms with Crippen LogP contribution in [0.3, 0.4) is 0 Å². The van der Waals surface area contributed by atoms with Gasteiger partial charge in [0.15, 0.2) is 0 Å². The lowest BCUT2D eigenvalue weighted by atomic mass is 9.82. The van der Waals surface area contributed by atoms with Crippen molar-refractivity contribution in [3.05, 3.63) is 0 Å². The van der Waals surface area contributed by atoms with Gasteiger partial charge in [0.25, 0.3) is 0 Å². The molecule has 0 saturated heterocycles. The van der Waals surface area contributed by atoms with Crippen LogP contribution in [0.4, 0.5) is 0 Å².